The zero-order valence-electron chi connectivity index (χ0n) is 26.0. The van der Waals surface area contributed by atoms with E-state index in [1.807, 2.05) is 48.2 Å². The van der Waals surface area contributed by atoms with Gasteiger partial charge in [0.05, 0.1) is 29.9 Å². The van der Waals surface area contributed by atoms with Crippen molar-refractivity contribution in [1.82, 2.24) is 14.8 Å². The molecule has 0 spiro atoms. The van der Waals surface area contributed by atoms with Gasteiger partial charge >= 0.3 is 0 Å². The van der Waals surface area contributed by atoms with Crippen molar-refractivity contribution < 1.29 is 31.8 Å². The Balaban J connectivity index is 1.40. The molecule has 4 heterocycles. The molecule has 3 unspecified atom stereocenters. The molecule has 1 saturated heterocycles. The molecular formula is C34H33ClN4O7S. The van der Waals surface area contributed by atoms with Crippen LogP contribution in [0.4, 0.5) is 5.69 Å². The lowest BCUT2D eigenvalue weighted by Gasteiger charge is -2.40. The van der Waals surface area contributed by atoms with E-state index in [1.165, 1.54) is 43.9 Å². The molecule has 13 heteroatoms. The number of nitrogens with zero attached hydrogens (tertiary/aromatic N) is 4. The van der Waals surface area contributed by atoms with Gasteiger partial charge in [0.25, 0.3) is 22.2 Å². The summed E-state index contributed by atoms with van der Waals surface area (Å²) >= 11 is 6.62. The van der Waals surface area contributed by atoms with Gasteiger partial charge in [-0.05, 0) is 75.0 Å². The summed E-state index contributed by atoms with van der Waals surface area (Å²) < 4.78 is 53.5. The summed E-state index contributed by atoms with van der Waals surface area (Å²) in [6.45, 7) is 1.03. The van der Waals surface area contributed by atoms with Crippen LogP contribution in [-0.4, -0.2) is 56.9 Å². The first-order valence-electron chi connectivity index (χ1n) is 15.1. The fourth-order valence-electron chi connectivity index (χ4n) is 6.77. The van der Waals surface area contributed by atoms with Crippen molar-refractivity contribution >= 4 is 33.2 Å². The number of likely N-dealkylation sites (tertiary alicyclic amines) is 1. The molecule has 1 amide bonds. The average molecular weight is 677 g/mol. The van der Waals surface area contributed by atoms with Crippen LogP contribution < -0.4 is 9.04 Å². The lowest BCUT2D eigenvalue weighted by Crippen LogP contribution is -2.55. The maximum Gasteiger partial charge on any atom is 0.274 e. The number of aromatic nitrogens is 1. The number of carbonyl (C=O) groups excluding carboxylic acids is 1. The number of benzene rings is 3. The van der Waals surface area contributed by atoms with Crippen LogP contribution in [0.15, 0.2) is 101 Å². The standard InChI is InChI=1S/C34H33ClN4O7S/c1-37(2)20-22-7-4-5-8-26(22)32-45-21-30(46-32)34(38-17-6-9-29(38)31-36-16-18-44-31)27-19-23(35)10-15-28(27)39(33(34)40)47(41,42)25-13-11-24(43-3)12-14-25/h4-5,7-8,10-16,18-19,21,29,32H,6,9,17,20H2,1-3H3. The Morgan fingerprint density at radius 2 is 1.89 bits per heavy atom. The highest BCUT2D eigenvalue weighted by Gasteiger charge is 2.65. The lowest BCUT2D eigenvalue weighted by molar-refractivity contribution is -0.132. The Kier molecular flexibility index (Phi) is 7.99. The molecule has 7 rings (SSSR count). The Morgan fingerprint density at radius 1 is 1.11 bits per heavy atom. The first-order chi connectivity index (χ1) is 22.7. The third kappa shape index (κ3) is 5.07. The molecular weight excluding hydrogens is 644 g/mol. The Bertz CT molecular complexity index is 1950. The molecule has 0 saturated carbocycles. The number of carbonyl (C=O) groups is 1. The number of hydrogen-bond donors (Lipinski definition) is 0. The minimum Gasteiger partial charge on any atom is -0.497 e. The number of hydrogen-bond acceptors (Lipinski definition) is 10. The largest absolute Gasteiger partial charge is 0.497 e. The van der Waals surface area contributed by atoms with Crippen LogP contribution in [0, 0.1) is 0 Å². The summed E-state index contributed by atoms with van der Waals surface area (Å²) in [5, 5.41) is 0.323. The number of rotatable bonds is 9. The van der Waals surface area contributed by atoms with Gasteiger partial charge in [-0.25, -0.2) is 17.7 Å². The maximum absolute atomic E-state index is 15.3. The van der Waals surface area contributed by atoms with Crippen molar-refractivity contribution in [3.05, 3.63) is 119 Å². The molecule has 3 aliphatic heterocycles. The summed E-state index contributed by atoms with van der Waals surface area (Å²) in [6.07, 6.45) is 4.86. The minimum absolute atomic E-state index is 0.0814. The van der Waals surface area contributed by atoms with Gasteiger partial charge in [-0.1, -0.05) is 35.9 Å². The van der Waals surface area contributed by atoms with Gasteiger partial charge < -0.3 is 23.5 Å². The maximum atomic E-state index is 15.3. The quantitative estimate of drug-likeness (QED) is 0.217. The Hall–Kier alpha value is -4.36. The van der Waals surface area contributed by atoms with Crippen LogP contribution in [0.5, 0.6) is 5.75 Å². The fourth-order valence-corrected chi connectivity index (χ4v) is 8.40. The normalized spacial score (nSPS) is 22.7. The highest BCUT2D eigenvalue weighted by molar-refractivity contribution is 7.93. The van der Waals surface area contributed by atoms with E-state index < -0.39 is 33.8 Å². The predicted octanol–water partition coefficient (Wildman–Crippen LogP) is 5.75. The van der Waals surface area contributed by atoms with Gasteiger partial charge in [0.1, 0.15) is 18.3 Å². The smallest absolute Gasteiger partial charge is 0.274 e. The first-order valence-corrected chi connectivity index (χ1v) is 16.9. The number of fused-ring (bicyclic) bond motifs is 1. The first kappa shape index (κ1) is 31.3. The molecule has 3 atom stereocenters. The van der Waals surface area contributed by atoms with Crippen molar-refractivity contribution in [2.24, 2.45) is 0 Å². The highest BCUT2D eigenvalue weighted by Crippen LogP contribution is 2.57. The molecule has 1 fully saturated rings. The third-order valence-corrected chi connectivity index (χ3v) is 10.7. The molecule has 3 aliphatic rings. The second kappa shape index (κ2) is 12.0. The lowest BCUT2D eigenvalue weighted by atomic mass is 9.86. The second-order valence-corrected chi connectivity index (χ2v) is 14.1. The van der Waals surface area contributed by atoms with Gasteiger partial charge in [-0.2, -0.15) is 0 Å². The van der Waals surface area contributed by atoms with E-state index in [4.69, 9.17) is 30.2 Å². The summed E-state index contributed by atoms with van der Waals surface area (Å²) in [4.78, 5) is 23.6. The van der Waals surface area contributed by atoms with Gasteiger partial charge in [0.2, 0.25) is 5.89 Å². The molecule has 0 N–H and O–H groups in total. The van der Waals surface area contributed by atoms with E-state index in [2.05, 4.69) is 4.98 Å². The molecule has 0 radical (unpaired) electrons. The van der Waals surface area contributed by atoms with E-state index in [-0.39, 0.29) is 16.3 Å². The topological polar surface area (TPSA) is 115 Å². The van der Waals surface area contributed by atoms with Gasteiger partial charge in [-0.3, -0.25) is 9.69 Å². The van der Waals surface area contributed by atoms with Crippen molar-refractivity contribution in [2.45, 2.75) is 42.2 Å². The monoisotopic (exact) mass is 676 g/mol. The highest BCUT2D eigenvalue weighted by atomic mass is 35.5. The van der Waals surface area contributed by atoms with E-state index in [0.29, 0.717) is 48.2 Å². The number of amides is 1. The molecule has 244 valence electrons. The van der Waals surface area contributed by atoms with Crippen LogP contribution in [0.2, 0.25) is 5.02 Å². The number of ether oxygens (including phenoxy) is 3. The summed E-state index contributed by atoms with van der Waals surface area (Å²) in [7, 11) is 0.996. The van der Waals surface area contributed by atoms with Crippen molar-refractivity contribution in [1.29, 1.82) is 0 Å². The Morgan fingerprint density at radius 3 is 2.62 bits per heavy atom. The molecule has 11 nitrogen and oxygen atoms in total. The minimum atomic E-state index is -4.44. The summed E-state index contributed by atoms with van der Waals surface area (Å²) in [5.74, 6) is 0.274. The van der Waals surface area contributed by atoms with Crippen LogP contribution in [0.1, 0.15) is 47.8 Å². The number of oxazole rings is 1. The zero-order chi connectivity index (χ0) is 32.9. The van der Waals surface area contributed by atoms with E-state index >= 15 is 4.79 Å². The molecule has 4 aromatic rings. The van der Waals surface area contributed by atoms with Crippen molar-refractivity contribution in [3.8, 4) is 5.75 Å². The molecule has 1 aromatic heterocycles. The van der Waals surface area contributed by atoms with Crippen LogP contribution in [0.3, 0.4) is 0 Å². The predicted molar refractivity (Wildman–Crippen MR) is 173 cm³/mol. The van der Waals surface area contributed by atoms with Crippen LogP contribution >= 0.6 is 11.6 Å². The van der Waals surface area contributed by atoms with Crippen molar-refractivity contribution in [2.75, 3.05) is 32.1 Å². The third-order valence-electron chi connectivity index (χ3n) is 8.76. The van der Waals surface area contributed by atoms with Crippen LogP contribution in [0.25, 0.3) is 0 Å². The molecule has 0 aliphatic carbocycles. The Labute approximate surface area is 277 Å². The fraction of sp³-hybridized carbons (Fsp3) is 0.294. The molecule has 47 heavy (non-hydrogen) atoms. The van der Waals surface area contributed by atoms with Gasteiger partial charge in [0.15, 0.2) is 11.3 Å². The SMILES string of the molecule is COc1ccc(S(=O)(=O)N2C(=O)C(C3=COC(c4ccccc4CN(C)C)O3)(N3CCCC3c3ncco3)c3cc(Cl)ccc32)cc1. The van der Waals surface area contributed by atoms with E-state index in [9.17, 15) is 8.42 Å². The number of halogens is 1. The average Bonchev–Trinajstić information content (AvgIpc) is 3.87. The number of methoxy groups -OCH3 is 1. The van der Waals surface area contributed by atoms with Gasteiger partial charge in [-0.15, -0.1) is 0 Å². The molecule has 0 bridgehead atoms. The van der Waals surface area contributed by atoms with E-state index in [1.54, 1.807) is 24.4 Å². The molecule has 3 aromatic carbocycles. The second-order valence-electron chi connectivity index (χ2n) is 11.8. The van der Waals surface area contributed by atoms with Gasteiger partial charge in [0, 0.05) is 29.2 Å². The summed E-state index contributed by atoms with van der Waals surface area (Å²) in [5.41, 5.74) is 0.486. The summed E-state index contributed by atoms with van der Waals surface area (Å²) in [6, 6.07) is 17.9. The van der Waals surface area contributed by atoms with Crippen molar-refractivity contribution in [3.63, 3.8) is 0 Å². The zero-order valence-corrected chi connectivity index (χ0v) is 27.6. The number of anilines is 1. The van der Waals surface area contributed by atoms with E-state index in [0.717, 1.165) is 15.4 Å². The van der Waals surface area contributed by atoms with Crippen LogP contribution in [-0.2, 0) is 36.4 Å². The number of sulfonamides is 1.